The van der Waals surface area contributed by atoms with E-state index in [1.807, 2.05) is 0 Å². The first-order valence-corrected chi connectivity index (χ1v) is 8.11. The van der Waals surface area contributed by atoms with Gasteiger partial charge in [0.15, 0.2) is 17.3 Å². The fraction of sp³-hybridized carbons (Fsp3) is 0.222. The zero-order chi connectivity index (χ0) is 19.7. The van der Waals surface area contributed by atoms with Gasteiger partial charge in [-0.05, 0) is 26.0 Å². The number of phenols is 1. The summed E-state index contributed by atoms with van der Waals surface area (Å²) in [5.41, 5.74) is -1.45. The second kappa shape index (κ2) is 6.94. The number of anilines is 3. The van der Waals surface area contributed by atoms with Crippen molar-refractivity contribution in [2.24, 2.45) is 0 Å². The Morgan fingerprint density at radius 3 is 2.70 bits per heavy atom. The average molecular weight is 371 g/mol. The first kappa shape index (κ1) is 18.2. The topological polar surface area (TPSA) is 122 Å². The number of nitrogens with zero attached hydrogens (tertiary/aromatic N) is 2. The summed E-state index contributed by atoms with van der Waals surface area (Å²) >= 11 is 0. The van der Waals surface area contributed by atoms with E-state index < -0.39 is 16.8 Å². The van der Waals surface area contributed by atoms with E-state index in [9.17, 15) is 19.5 Å². The zero-order valence-corrected chi connectivity index (χ0v) is 14.9. The number of rotatable bonds is 6. The molecule has 140 valence electrons. The molecule has 3 rings (SSSR count). The van der Waals surface area contributed by atoms with Gasteiger partial charge >= 0.3 is 0 Å². The molecule has 0 aliphatic heterocycles. The molecule has 0 aliphatic rings. The molecule has 1 heterocycles. The molecule has 2 N–H and O–H groups in total. The predicted molar refractivity (Wildman–Crippen MR) is 97.9 cm³/mol. The number of amides is 1. The van der Waals surface area contributed by atoms with Gasteiger partial charge < -0.3 is 19.7 Å². The molecule has 0 unspecified atom stereocenters. The highest BCUT2D eigenvalue weighted by atomic mass is 16.5. The number of nitrogens with one attached hydrogen (secondary N) is 1. The normalized spacial score (nSPS) is 10.8. The van der Waals surface area contributed by atoms with E-state index in [4.69, 9.17) is 9.26 Å². The van der Waals surface area contributed by atoms with Crippen LogP contribution in [0.3, 0.4) is 0 Å². The van der Waals surface area contributed by atoms with Crippen LogP contribution in [0, 0.1) is 6.92 Å². The smallest absolute Gasteiger partial charge is 0.272 e. The largest absolute Gasteiger partial charge is 0.505 e. The van der Waals surface area contributed by atoms with E-state index in [0.29, 0.717) is 5.76 Å². The maximum Gasteiger partial charge on any atom is 0.272 e. The number of phenolic OH excluding ortho intramolecular Hbond substituents is 1. The zero-order valence-electron chi connectivity index (χ0n) is 14.9. The maximum atomic E-state index is 12.7. The minimum Gasteiger partial charge on any atom is -0.505 e. The van der Waals surface area contributed by atoms with Gasteiger partial charge in [0.2, 0.25) is 0 Å². The van der Waals surface area contributed by atoms with Crippen LogP contribution in [0.25, 0.3) is 0 Å². The van der Waals surface area contributed by atoms with E-state index in [0.717, 1.165) is 0 Å². The number of benzene rings is 1. The molecule has 0 saturated heterocycles. The molecule has 2 aromatic carbocycles. The summed E-state index contributed by atoms with van der Waals surface area (Å²) in [6.07, 6.45) is 0. The molecule has 9 heteroatoms. The van der Waals surface area contributed by atoms with Crippen LogP contribution in [-0.4, -0.2) is 29.8 Å². The van der Waals surface area contributed by atoms with Crippen LogP contribution in [0.5, 0.6) is 11.5 Å². The summed E-state index contributed by atoms with van der Waals surface area (Å²) in [5.74, 6) is -0.164. The fourth-order valence-corrected chi connectivity index (χ4v) is 2.51. The highest BCUT2D eigenvalue weighted by Gasteiger charge is 2.25. The SMILES string of the molecule is CCOc1c(Nc2cccc(C(=O)N(C)c3cc(C)on3)c2O)c(=O)c1=O. The van der Waals surface area contributed by atoms with Crippen molar-refractivity contribution < 1.29 is 19.2 Å². The number of carbonyl (C=O) groups excluding carboxylic acids is 1. The molecule has 0 aliphatic carbocycles. The molecule has 0 fully saturated rings. The van der Waals surface area contributed by atoms with Gasteiger partial charge in [-0.25, -0.2) is 0 Å². The Labute approximate surface area is 153 Å². The Kier molecular flexibility index (Phi) is 4.68. The molecule has 0 atom stereocenters. The van der Waals surface area contributed by atoms with Gasteiger partial charge in [-0.3, -0.25) is 19.3 Å². The van der Waals surface area contributed by atoms with Crippen LogP contribution < -0.4 is 25.8 Å². The Hall–Kier alpha value is -3.62. The van der Waals surface area contributed by atoms with Crippen molar-refractivity contribution in [3.05, 3.63) is 56.0 Å². The average Bonchev–Trinajstić information content (AvgIpc) is 3.10. The summed E-state index contributed by atoms with van der Waals surface area (Å²) in [5, 5.41) is 16.9. The molecule has 27 heavy (non-hydrogen) atoms. The lowest BCUT2D eigenvalue weighted by molar-refractivity contribution is 0.0989. The summed E-state index contributed by atoms with van der Waals surface area (Å²) in [4.78, 5) is 37.2. The monoisotopic (exact) mass is 371 g/mol. The number of aromatic hydroxyl groups is 1. The summed E-state index contributed by atoms with van der Waals surface area (Å²) in [6.45, 7) is 3.59. The van der Waals surface area contributed by atoms with Gasteiger partial charge in [0, 0.05) is 13.1 Å². The summed E-state index contributed by atoms with van der Waals surface area (Å²) in [6, 6.07) is 6.01. The highest BCUT2D eigenvalue weighted by Crippen LogP contribution is 2.33. The van der Waals surface area contributed by atoms with E-state index in [2.05, 4.69) is 10.5 Å². The van der Waals surface area contributed by atoms with Crippen molar-refractivity contribution >= 4 is 23.1 Å². The molecule has 0 saturated carbocycles. The molecule has 0 spiro atoms. The van der Waals surface area contributed by atoms with Gasteiger partial charge in [0.05, 0.1) is 17.9 Å². The third-order valence-corrected chi connectivity index (χ3v) is 3.95. The van der Waals surface area contributed by atoms with Crippen LogP contribution in [0.15, 0.2) is 38.4 Å². The van der Waals surface area contributed by atoms with Crippen LogP contribution in [-0.2, 0) is 0 Å². The molecule has 1 aromatic heterocycles. The van der Waals surface area contributed by atoms with Crippen molar-refractivity contribution in [3.8, 4) is 11.5 Å². The predicted octanol–water partition coefficient (Wildman–Crippen LogP) is 1.70. The number of carbonyl (C=O) groups is 1. The molecule has 1 amide bonds. The number of ether oxygens (including phenoxy) is 1. The molecular formula is C18H17N3O6. The minimum atomic E-state index is -0.746. The van der Waals surface area contributed by atoms with Gasteiger partial charge in [-0.1, -0.05) is 11.2 Å². The molecule has 0 bridgehead atoms. The van der Waals surface area contributed by atoms with Crippen molar-refractivity contribution in [2.75, 3.05) is 23.9 Å². The summed E-state index contributed by atoms with van der Waals surface area (Å²) in [7, 11) is 1.49. The Morgan fingerprint density at radius 1 is 1.33 bits per heavy atom. The minimum absolute atomic E-state index is 0.0141. The van der Waals surface area contributed by atoms with Crippen molar-refractivity contribution in [2.45, 2.75) is 13.8 Å². The van der Waals surface area contributed by atoms with Crippen LogP contribution in [0.4, 0.5) is 17.2 Å². The second-order valence-corrected chi connectivity index (χ2v) is 5.78. The lowest BCUT2D eigenvalue weighted by Crippen LogP contribution is -2.35. The molecular weight excluding hydrogens is 354 g/mol. The lowest BCUT2D eigenvalue weighted by Gasteiger charge is -2.17. The van der Waals surface area contributed by atoms with E-state index in [-0.39, 0.29) is 40.9 Å². The van der Waals surface area contributed by atoms with Gasteiger partial charge in [-0.2, -0.15) is 0 Å². The number of hydrogen-bond acceptors (Lipinski definition) is 8. The van der Waals surface area contributed by atoms with E-state index >= 15 is 0 Å². The molecule has 3 aromatic rings. The fourth-order valence-electron chi connectivity index (χ4n) is 2.51. The van der Waals surface area contributed by atoms with Crippen molar-refractivity contribution in [1.82, 2.24) is 5.16 Å². The van der Waals surface area contributed by atoms with Crippen molar-refractivity contribution in [1.29, 1.82) is 0 Å². The van der Waals surface area contributed by atoms with E-state index in [1.54, 1.807) is 19.9 Å². The van der Waals surface area contributed by atoms with Gasteiger partial charge in [0.25, 0.3) is 16.8 Å². The Morgan fingerprint density at radius 2 is 2.07 bits per heavy atom. The third-order valence-electron chi connectivity index (χ3n) is 3.95. The quantitative estimate of drug-likeness (QED) is 0.496. The van der Waals surface area contributed by atoms with E-state index in [1.165, 1.54) is 30.1 Å². The second-order valence-electron chi connectivity index (χ2n) is 5.78. The standard InChI is InChI=1S/C18H17N3O6/c1-4-26-17-13(15(23)16(17)24)19-11-7-5-6-10(14(11)22)18(25)21(3)12-8-9(2)27-20-12/h5-8,19,22H,4H2,1-3H3. The Balaban J connectivity index is 1.91. The number of aromatic nitrogens is 1. The van der Waals surface area contributed by atoms with Crippen molar-refractivity contribution in [3.63, 3.8) is 0 Å². The number of aryl methyl sites for hydroxylation is 1. The lowest BCUT2D eigenvalue weighted by atomic mass is 10.1. The summed E-state index contributed by atoms with van der Waals surface area (Å²) < 4.78 is 10.1. The molecule has 9 nitrogen and oxygen atoms in total. The van der Waals surface area contributed by atoms with Crippen LogP contribution in [0.1, 0.15) is 23.0 Å². The third kappa shape index (κ3) is 3.14. The molecule has 0 radical (unpaired) electrons. The highest BCUT2D eigenvalue weighted by molar-refractivity contribution is 6.08. The van der Waals surface area contributed by atoms with Gasteiger partial charge in [-0.15, -0.1) is 0 Å². The number of hydrogen-bond donors (Lipinski definition) is 2. The first-order valence-electron chi connectivity index (χ1n) is 8.11. The van der Waals surface area contributed by atoms with Crippen LogP contribution in [0.2, 0.25) is 0 Å². The van der Waals surface area contributed by atoms with Gasteiger partial charge in [0.1, 0.15) is 11.4 Å². The van der Waals surface area contributed by atoms with Crippen LogP contribution >= 0.6 is 0 Å². The first-order chi connectivity index (χ1) is 12.8. The Bertz CT molecular complexity index is 1080. The maximum absolute atomic E-state index is 12.7. The number of para-hydroxylation sites is 1.